The molecule has 0 atom stereocenters. The van der Waals surface area contributed by atoms with Gasteiger partial charge in [0, 0.05) is 14.1 Å². The van der Waals surface area contributed by atoms with Gasteiger partial charge in [-0.1, -0.05) is 6.07 Å². The smallest absolute Gasteiger partial charge is 0.309 e. The second kappa shape index (κ2) is 4.68. The summed E-state index contributed by atoms with van der Waals surface area (Å²) in [5, 5.41) is 0. The van der Waals surface area contributed by atoms with Crippen molar-refractivity contribution < 1.29 is 9.53 Å². The van der Waals surface area contributed by atoms with Crippen LogP contribution in [-0.4, -0.2) is 27.2 Å². The first-order valence-electron chi connectivity index (χ1n) is 4.67. The maximum Gasteiger partial charge on any atom is 0.309 e. The highest BCUT2D eigenvalue weighted by Crippen LogP contribution is 2.22. The molecule has 2 N–H and O–H groups in total. The van der Waals surface area contributed by atoms with Crippen molar-refractivity contribution in [2.75, 3.05) is 31.8 Å². The zero-order valence-corrected chi connectivity index (χ0v) is 9.28. The van der Waals surface area contributed by atoms with Crippen LogP contribution in [0.1, 0.15) is 5.56 Å². The lowest BCUT2D eigenvalue weighted by Gasteiger charge is -2.16. The number of benzene rings is 1. The average molecular weight is 208 g/mol. The number of methoxy groups -OCH3 is 1. The summed E-state index contributed by atoms with van der Waals surface area (Å²) in [4.78, 5) is 13.0. The predicted octanol–water partition coefficient (Wildman–Crippen LogP) is 1.05. The fourth-order valence-corrected chi connectivity index (χ4v) is 1.33. The molecule has 0 spiro atoms. The maximum atomic E-state index is 11.1. The van der Waals surface area contributed by atoms with E-state index in [2.05, 4.69) is 4.74 Å². The second-order valence-corrected chi connectivity index (χ2v) is 3.54. The third-order valence-electron chi connectivity index (χ3n) is 2.15. The van der Waals surface area contributed by atoms with E-state index in [4.69, 9.17) is 5.73 Å². The molecular formula is C11H16N2O2. The van der Waals surface area contributed by atoms with E-state index >= 15 is 0 Å². The number of nitrogens with two attached hydrogens (primary N) is 1. The molecule has 15 heavy (non-hydrogen) atoms. The lowest BCUT2D eigenvalue weighted by Crippen LogP contribution is -2.12. The van der Waals surface area contributed by atoms with Gasteiger partial charge in [0.2, 0.25) is 0 Å². The first kappa shape index (κ1) is 11.4. The molecule has 0 unspecified atom stereocenters. The van der Waals surface area contributed by atoms with Crippen molar-refractivity contribution in [3.63, 3.8) is 0 Å². The van der Waals surface area contributed by atoms with Crippen LogP contribution < -0.4 is 10.6 Å². The number of hydrogen-bond acceptors (Lipinski definition) is 4. The molecule has 0 saturated carbocycles. The van der Waals surface area contributed by atoms with Crippen LogP contribution in [0.25, 0.3) is 0 Å². The molecule has 82 valence electrons. The van der Waals surface area contributed by atoms with Crippen LogP contribution >= 0.6 is 0 Å². The van der Waals surface area contributed by atoms with E-state index in [-0.39, 0.29) is 12.4 Å². The minimum atomic E-state index is -0.246. The first-order chi connectivity index (χ1) is 7.04. The number of nitrogen functional groups attached to an aromatic ring is 1. The molecule has 0 aliphatic heterocycles. The summed E-state index contributed by atoms with van der Waals surface area (Å²) in [6.45, 7) is 0. The molecule has 0 bridgehead atoms. The van der Waals surface area contributed by atoms with Crippen LogP contribution in [-0.2, 0) is 16.0 Å². The lowest BCUT2D eigenvalue weighted by molar-refractivity contribution is -0.139. The molecule has 1 aromatic carbocycles. The second-order valence-electron chi connectivity index (χ2n) is 3.54. The largest absolute Gasteiger partial charge is 0.469 e. The van der Waals surface area contributed by atoms with E-state index in [1.807, 2.05) is 31.1 Å². The van der Waals surface area contributed by atoms with Gasteiger partial charge in [-0.15, -0.1) is 0 Å². The molecule has 0 aromatic heterocycles. The van der Waals surface area contributed by atoms with Gasteiger partial charge in [0.1, 0.15) is 0 Å². The highest BCUT2D eigenvalue weighted by Gasteiger charge is 2.06. The van der Waals surface area contributed by atoms with Crippen LogP contribution in [0.3, 0.4) is 0 Å². The molecule has 0 aliphatic carbocycles. The third-order valence-corrected chi connectivity index (χ3v) is 2.15. The molecule has 0 heterocycles. The zero-order chi connectivity index (χ0) is 11.4. The average Bonchev–Trinajstić information content (AvgIpc) is 2.20. The van der Waals surface area contributed by atoms with Crippen LogP contribution in [0.2, 0.25) is 0 Å². The topological polar surface area (TPSA) is 55.6 Å². The Balaban J connectivity index is 2.92. The van der Waals surface area contributed by atoms with E-state index in [0.29, 0.717) is 5.69 Å². The monoisotopic (exact) mass is 208 g/mol. The Labute approximate surface area is 89.6 Å². The van der Waals surface area contributed by atoms with Crippen LogP contribution in [0.5, 0.6) is 0 Å². The molecule has 4 heteroatoms. The highest BCUT2D eigenvalue weighted by molar-refractivity contribution is 5.75. The normalized spacial score (nSPS) is 9.80. The number of rotatable bonds is 3. The van der Waals surface area contributed by atoms with Crippen molar-refractivity contribution in [3.8, 4) is 0 Å². The molecule has 0 radical (unpaired) electrons. The van der Waals surface area contributed by atoms with E-state index < -0.39 is 0 Å². The summed E-state index contributed by atoms with van der Waals surface area (Å²) in [6, 6.07) is 5.53. The van der Waals surface area contributed by atoms with Gasteiger partial charge < -0.3 is 15.4 Å². The van der Waals surface area contributed by atoms with Gasteiger partial charge in [-0.25, -0.2) is 0 Å². The van der Waals surface area contributed by atoms with E-state index in [1.54, 1.807) is 6.07 Å². The number of nitrogens with zero attached hydrogens (tertiary/aromatic N) is 1. The minimum absolute atomic E-state index is 0.246. The van der Waals surface area contributed by atoms with Crippen molar-refractivity contribution in [1.82, 2.24) is 0 Å². The summed E-state index contributed by atoms with van der Waals surface area (Å²) < 4.78 is 4.60. The summed E-state index contributed by atoms with van der Waals surface area (Å²) in [5.74, 6) is -0.246. The molecule has 1 aromatic rings. The van der Waals surface area contributed by atoms with Crippen LogP contribution in [0.15, 0.2) is 18.2 Å². The zero-order valence-electron chi connectivity index (χ0n) is 9.28. The van der Waals surface area contributed by atoms with Crippen molar-refractivity contribution >= 4 is 17.3 Å². The minimum Gasteiger partial charge on any atom is -0.469 e. The van der Waals surface area contributed by atoms with Gasteiger partial charge in [-0.3, -0.25) is 4.79 Å². The fourth-order valence-electron chi connectivity index (χ4n) is 1.33. The van der Waals surface area contributed by atoms with Gasteiger partial charge in [0.15, 0.2) is 0 Å². The van der Waals surface area contributed by atoms with Gasteiger partial charge >= 0.3 is 5.97 Å². The van der Waals surface area contributed by atoms with Crippen LogP contribution in [0, 0.1) is 0 Å². The Morgan fingerprint density at radius 3 is 2.67 bits per heavy atom. The van der Waals surface area contributed by atoms with Crippen molar-refractivity contribution in [1.29, 1.82) is 0 Å². The van der Waals surface area contributed by atoms with Crippen LogP contribution in [0.4, 0.5) is 11.4 Å². The number of carbonyl (C=O) groups is 1. The standard InChI is InChI=1S/C11H16N2O2/c1-13(2)10-6-8(4-5-9(10)12)7-11(14)15-3/h4-6H,7,12H2,1-3H3. The Bertz CT molecular complexity index is 362. The van der Waals surface area contributed by atoms with Gasteiger partial charge in [0.05, 0.1) is 24.9 Å². The number of anilines is 2. The van der Waals surface area contributed by atoms with Crippen molar-refractivity contribution in [2.24, 2.45) is 0 Å². The quantitative estimate of drug-likeness (QED) is 0.596. The summed E-state index contributed by atoms with van der Waals surface area (Å²) in [7, 11) is 5.20. The highest BCUT2D eigenvalue weighted by atomic mass is 16.5. The Kier molecular flexibility index (Phi) is 3.55. The molecule has 0 aliphatic rings. The van der Waals surface area contributed by atoms with Gasteiger partial charge in [0.25, 0.3) is 0 Å². The van der Waals surface area contributed by atoms with Gasteiger partial charge in [-0.05, 0) is 17.7 Å². The molecule has 0 fully saturated rings. The number of hydrogen-bond donors (Lipinski definition) is 1. The Hall–Kier alpha value is -1.71. The molecule has 4 nitrogen and oxygen atoms in total. The van der Waals surface area contributed by atoms with Crippen molar-refractivity contribution in [2.45, 2.75) is 6.42 Å². The predicted molar refractivity (Wildman–Crippen MR) is 60.9 cm³/mol. The summed E-state index contributed by atoms with van der Waals surface area (Å²) in [6.07, 6.45) is 0.275. The fraction of sp³-hybridized carbons (Fsp3) is 0.364. The molecular weight excluding hydrogens is 192 g/mol. The summed E-state index contributed by atoms with van der Waals surface area (Å²) >= 11 is 0. The Morgan fingerprint density at radius 1 is 1.47 bits per heavy atom. The SMILES string of the molecule is COC(=O)Cc1ccc(N)c(N(C)C)c1. The van der Waals surface area contributed by atoms with E-state index in [9.17, 15) is 4.79 Å². The van der Waals surface area contributed by atoms with Crippen molar-refractivity contribution in [3.05, 3.63) is 23.8 Å². The third kappa shape index (κ3) is 2.87. The molecule has 0 saturated heterocycles. The summed E-state index contributed by atoms with van der Waals surface area (Å²) in [5.41, 5.74) is 8.31. The van der Waals surface area contributed by atoms with Gasteiger partial charge in [-0.2, -0.15) is 0 Å². The van der Waals surface area contributed by atoms with E-state index in [0.717, 1.165) is 11.3 Å². The number of esters is 1. The molecule has 0 amide bonds. The number of ether oxygens (including phenoxy) is 1. The van der Waals surface area contributed by atoms with E-state index in [1.165, 1.54) is 7.11 Å². The maximum absolute atomic E-state index is 11.1. The Morgan fingerprint density at radius 2 is 2.13 bits per heavy atom. The first-order valence-corrected chi connectivity index (χ1v) is 4.67. The lowest BCUT2D eigenvalue weighted by atomic mass is 10.1. The molecule has 1 rings (SSSR count). The number of carbonyl (C=O) groups excluding carboxylic acids is 1.